The second kappa shape index (κ2) is 4.94. The van der Waals surface area contributed by atoms with Gasteiger partial charge in [-0.15, -0.1) is 0 Å². The molecule has 2 aromatic carbocycles. The molecule has 1 aliphatic rings. The molecule has 110 valence electrons. The Hall–Kier alpha value is -1.69. The lowest BCUT2D eigenvalue weighted by Crippen LogP contribution is -2.19. The summed E-state index contributed by atoms with van der Waals surface area (Å²) < 4.78 is 40.1. The Morgan fingerprint density at radius 1 is 1.00 bits per heavy atom. The highest BCUT2D eigenvalue weighted by molar-refractivity contribution is 9.10. The number of nitrogens with zero attached hydrogens (tertiary/aromatic N) is 1. The van der Waals surface area contributed by atoms with E-state index in [4.69, 9.17) is 5.73 Å². The van der Waals surface area contributed by atoms with Crippen LogP contribution < -0.4 is 10.6 Å². The lowest BCUT2D eigenvalue weighted by Gasteiger charge is -2.23. The lowest BCUT2D eigenvalue weighted by molar-refractivity contribution is -0.137. The molecule has 0 saturated carbocycles. The molecule has 2 N–H and O–H groups in total. The number of nitrogen functional groups attached to an aromatic ring is 1. The molecule has 0 aromatic heterocycles. The van der Waals surface area contributed by atoms with E-state index in [-0.39, 0.29) is 5.69 Å². The number of benzene rings is 2. The molecule has 0 saturated heterocycles. The number of hydrogen-bond acceptors (Lipinski definition) is 2. The minimum absolute atomic E-state index is 0.187. The molecule has 1 aliphatic heterocycles. The maximum Gasteiger partial charge on any atom is 0.418 e. The second-order valence-electron chi connectivity index (χ2n) is 5.04. The molecule has 2 aromatic rings. The average Bonchev–Trinajstić information content (AvgIpc) is 2.80. The highest BCUT2D eigenvalue weighted by atomic mass is 79.9. The van der Waals surface area contributed by atoms with Crippen LogP contribution in [0, 0.1) is 0 Å². The van der Waals surface area contributed by atoms with Crippen molar-refractivity contribution < 1.29 is 13.2 Å². The minimum atomic E-state index is -4.37. The van der Waals surface area contributed by atoms with Gasteiger partial charge in [0.2, 0.25) is 0 Å². The smallest absolute Gasteiger partial charge is 0.399 e. The van der Waals surface area contributed by atoms with Gasteiger partial charge in [0.05, 0.1) is 11.3 Å². The van der Waals surface area contributed by atoms with Crippen LogP contribution in [-0.4, -0.2) is 0 Å². The van der Waals surface area contributed by atoms with Crippen LogP contribution in [0.4, 0.5) is 24.5 Å². The Balaban J connectivity index is 2.01. The van der Waals surface area contributed by atoms with Gasteiger partial charge in [-0.05, 0) is 41.5 Å². The molecule has 0 spiro atoms. The van der Waals surface area contributed by atoms with Gasteiger partial charge in [0.15, 0.2) is 0 Å². The molecule has 0 radical (unpaired) electrons. The van der Waals surface area contributed by atoms with Crippen molar-refractivity contribution in [2.24, 2.45) is 0 Å². The average molecular weight is 357 g/mol. The van der Waals surface area contributed by atoms with E-state index in [1.165, 1.54) is 12.1 Å². The normalized spacial score (nSPS) is 14.4. The van der Waals surface area contributed by atoms with Crippen LogP contribution in [-0.2, 0) is 19.3 Å². The van der Waals surface area contributed by atoms with Gasteiger partial charge in [0.1, 0.15) is 0 Å². The Morgan fingerprint density at radius 3 is 2.43 bits per heavy atom. The van der Waals surface area contributed by atoms with Crippen LogP contribution >= 0.6 is 15.9 Å². The first-order valence-electron chi connectivity index (χ1n) is 6.33. The molecular formula is C15H12BrF3N2. The number of alkyl halides is 3. The third kappa shape index (κ3) is 2.72. The van der Waals surface area contributed by atoms with E-state index in [2.05, 4.69) is 15.9 Å². The molecular weight excluding hydrogens is 345 g/mol. The molecule has 0 fully saturated rings. The third-order valence-corrected chi connectivity index (χ3v) is 4.05. The fourth-order valence-corrected chi connectivity index (χ4v) is 2.94. The summed E-state index contributed by atoms with van der Waals surface area (Å²) in [5, 5.41) is 0. The van der Waals surface area contributed by atoms with E-state index in [1.807, 2.05) is 12.1 Å². The van der Waals surface area contributed by atoms with Crippen LogP contribution in [0.5, 0.6) is 0 Å². The first-order chi connectivity index (χ1) is 9.84. The topological polar surface area (TPSA) is 29.3 Å². The molecule has 1 heterocycles. The van der Waals surface area contributed by atoms with Crippen molar-refractivity contribution in [1.29, 1.82) is 0 Å². The van der Waals surface area contributed by atoms with E-state index in [1.54, 1.807) is 11.0 Å². The van der Waals surface area contributed by atoms with Crippen LogP contribution in [0.1, 0.15) is 16.7 Å². The van der Waals surface area contributed by atoms with Crippen molar-refractivity contribution in [1.82, 2.24) is 0 Å². The van der Waals surface area contributed by atoms with Crippen LogP contribution in [0.2, 0.25) is 0 Å². The van der Waals surface area contributed by atoms with Crippen molar-refractivity contribution >= 4 is 27.3 Å². The van der Waals surface area contributed by atoms with Gasteiger partial charge in [-0.2, -0.15) is 13.2 Å². The number of anilines is 2. The predicted molar refractivity (Wildman–Crippen MR) is 79.9 cm³/mol. The van der Waals surface area contributed by atoms with E-state index in [0.717, 1.165) is 17.2 Å². The summed E-state index contributed by atoms with van der Waals surface area (Å²) in [7, 11) is 0. The number of rotatable bonds is 1. The summed E-state index contributed by atoms with van der Waals surface area (Å²) in [5.74, 6) is 0. The van der Waals surface area contributed by atoms with Gasteiger partial charge in [-0.1, -0.05) is 22.0 Å². The van der Waals surface area contributed by atoms with Gasteiger partial charge in [0.25, 0.3) is 0 Å². The maximum atomic E-state index is 13.2. The molecule has 0 amide bonds. The Bertz CT molecular complexity index is 698. The van der Waals surface area contributed by atoms with Gasteiger partial charge < -0.3 is 10.6 Å². The molecule has 3 rings (SSSR count). The number of nitrogens with two attached hydrogens (primary N) is 1. The molecule has 2 nitrogen and oxygen atoms in total. The van der Waals surface area contributed by atoms with Crippen LogP contribution in [0.15, 0.2) is 40.9 Å². The molecule has 0 atom stereocenters. The number of fused-ring (bicyclic) bond motifs is 1. The summed E-state index contributed by atoms with van der Waals surface area (Å²) >= 11 is 3.24. The number of hydrogen-bond donors (Lipinski definition) is 1. The highest BCUT2D eigenvalue weighted by Gasteiger charge is 2.36. The quantitative estimate of drug-likeness (QED) is 0.758. The largest absolute Gasteiger partial charge is 0.418 e. The Kier molecular flexibility index (Phi) is 3.36. The fourth-order valence-electron chi connectivity index (χ4n) is 2.59. The van der Waals surface area contributed by atoms with Crippen LogP contribution in [0.3, 0.4) is 0 Å². The van der Waals surface area contributed by atoms with E-state index >= 15 is 0 Å². The van der Waals surface area contributed by atoms with Crippen molar-refractivity contribution in [3.05, 3.63) is 57.6 Å². The van der Waals surface area contributed by atoms with Crippen LogP contribution in [0.25, 0.3) is 0 Å². The molecule has 6 heteroatoms. The first kappa shape index (κ1) is 14.3. The van der Waals surface area contributed by atoms with E-state index in [0.29, 0.717) is 23.2 Å². The van der Waals surface area contributed by atoms with Crippen molar-refractivity contribution in [3.63, 3.8) is 0 Å². The van der Waals surface area contributed by atoms with Gasteiger partial charge in [0, 0.05) is 23.2 Å². The fraction of sp³-hybridized carbons (Fsp3) is 0.200. The second-order valence-corrected chi connectivity index (χ2v) is 5.96. The molecule has 0 bridgehead atoms. The highest BCUT2D eigenvalue weighted by Crippen LogP contribution is 2.40. The summed E-state index contributed by atoms with van der Waals surface area (Å²) in [6.07, 6.45) is -4.37. The molecule has 0 aliphatic carbocycles. The SMILES string of the molecule is Nc1ccc2c(c1)CN(c1cc(Br)ccc1C(F)(F)F)C2. The number of halogens is 4. The summed E-state index contributed by atoms with van der Waals surface area (Å²) in [6, 6.07) is 9.49. The van der Waals surface area contributed by atoms with Crippen molar-refractivity contribution in [2.45, 2.75) is 19.3 Å². The maximum absolute atomic E-state index is 13.2. The van der Waals surface area contributed by atoms with Gasteiger partial charge in [-0.25, -0.2) is 0 Å². The van der Waals surface area contributed by atoms with Gasteiger partial charge >= 0.3 is 6.18 Å². The zero-order valence-corrected chi connectivity index (χ0v) is 12.5. The predicted octanol–water partition coefficient (Wildman–Crippen LogP) is 4.57. The lowest BCUT2D eigenvalue weighted by atomic mass is 10.1. The Labute approximate surface area is 128 Å². The zero-order chi connectivity index (χ0) is 15.2. The van der Waals surface area contributed by atoms with Crippen molar-refractivity contribution in [2.75, 3.05) is 10.6 Å². The minimum Gasteiger partial charge on any atom is -0.399 e. The first-order valence-corrected chi connectivity index (χ1v) is 7.13. The summed E-state index contributed by atoms with van der Waals surface area (Å²) in [6.45, 7) is 0.884. The summed E-state index contributed by atoms with van der Waals surface area (Å²) in [4.78, 5) is 1.72. The Morgan fingerprint density at radius 2 is 1.71 bits per heavy atom. The van der Waals surface area contributed by atoms with E-state index < -0.39 is 11.7 Å². The molecule has 0 unspecified atom stereocenters. The van der Waals surface area contributed by atoms with Gasteiger partial charge in [-0.3, -0.25) is 0 Å². The standard InChI is InChI=1S/C15H12BrF3N2/c16-11-2-4-13(15(17,18)19)14(6-11)21-7-9-1-3-12(20)5-10(9)8-21/h1-6H,7-8,20H2. The summed E-state index contributed by atoms with van der Waals surface area (Å²) in [5.41, 5.74) is 7.91. The van der Waals surface area contributed by atoms with E-state index in [9.17, 15) is 13.2 Å². The monoisotopic (exact) mass is 356 g/mol. The zero-order valence-electron chi connectivity index (χ0n) is 10.9. The third-order valence-electron chi connectivity index (χ3n) is 3.56. The molecule has 21 heavy (non-hydrogen) atoms. The van der Waals surface area contributed by atoms with Crippen molar-refractivity contribution in [3.8, 4) is 0 Å².